The zero-order valence-corrected chi connectivity index (χ0v) is 10.4. The second-order valence-corrected chi connectivity index (χ2v) is 4.51. The largest absolute Gasteiger partial charge is 0.508 e. The van der Waals surface area contributed by atoms with Crippen molar-refractivity contribution in [2.75, 3.05) is 26.3 Å². The predicted molar refractivity (Wildman–Crippen MR) is 66.8 cm³/mol. The quantitative estimate of drug-likeness (QED) is 0.836. The minimum Gasteiger partial charge on any atom is -0.508 e. The van der Waals surface area contributed by atoms with Gasteiger partial charge in [-0.2, -0.15) is 0 Å². The Morgan fingerprint density at radius 2 is 2.06 bits per heavy atom. The molecule has 2 N–H and O–H groups in total. The van der Waals surface area contributed by atoms with Gasteiger partial charge in [-0.15, -0.1) is 0 Å². The van der Waals surface area contributed by atoms with E-state index in [4.69, 9.17) is 4.74 Å². The molecule has 0 aliphatic carbocycles. The van der Waals surface area contributed by atoms with E-state index in [2.05, 4.69) is 17.4 Å². The number of aromatic hydroxyl groups is 1. The van der Waals surface area contributed by atoms with Crippen LogP contribution < -0.4 is 5.43 Å². The fraction of sp³-hybridized carbons (Fsp3) is 0.538. The molecule has 0 radical (unpaired) electrons. The topological polar surface area (TPSA) is 44.7 Å². The fourth-order valence-corrected chi connectivity index (χ4v) is 2.06. The van der Waals surface area contributed by atoms with Crippen LogP contribution in [0.15, 0.2) is 18.2 Å². The zero-order valence-electron chi connectivity index (χ0n) is 10.4. The summed E-state index contributed by atoms with van der Waals surface area (Å²) in [6.45, 7) is 7.33. The van der Waals surface area contributed by atoms with Crippen LogP contribution in [-0.4, -0.2) is 36.4 Å². The molecule has 2 rings (SSSR count). The molecule has 0 spiro atoms. The van der Waals surface area contributed by atoms with E-state index in [0.717, 1.165) is 37.4 Å². The summed E-state index contributed by atoms with van der Waals surface area (Å²) in [7, 11) is 0. The average Bonchev–Trinajstić information content (AvgIpc) is 2.30. The van der Waals surface area contributed by atoms with Gasteiger partial charge in [0.1, 0.15) is 5.75 Å². The average molecular weight is 236 g/mol. The maximum atomic E-state index is 9.91. The van der Waals surface area contributed by atoms with Gasteiger partial charge >= 0.3 is 0 Å². The molecule has 0 amide bonds. The second-order valence-electron chi connectivity index (χ2n) is 4.51. The first-order valence-corrected chi connectivity index (χ1v) is 6.05. The molecule has 0 bridgehead atoms. The molecule has 4 heteroatoms. The summed E-state index contributed by atoms with van der Waals surface area (Å²) >= 11 is 0. The predicted octanol–water partition coefficient (Wildman–Crippen LogP) is 1.60. The number of hydrazine groups is 1. The number of aryl methyl sites for hydroxylation is 1. The van der Waals surface area contributed by atoms with Gasteiger partial charge in [-0.1, -0.05) is 12.1 Å². The monoisotopic (exact) mass is 236 g/mol. The summed E-state index contributed by atoms with van der Waals surface area (Å²) in [4.78, 5) is 0. The smallest absolute Gasteiger partial charge is 0.120 e. The highest BCUT2D eigenvalue weighted by molar-refractivity contribution is 5.37. The maximum absolute atomic E-state index is 9.91. The van der Waals surface area contributed by atoms with Gasteiger partial charge < -0.3 is 9.84 Å². The summed E-state index contributed by atoms with van der Waals surface area (Å²) in [5, 5.41) is 12.1. The Morgan fingerprint density at radius 1 is 1.35 bits per heavy atom. The van der Waals surface area contributed by atoms with E-state index in [1.165, 1.54) is 0 Å². The Morgan fingerprint density at radius 3 is 2.71 bits per heavy atom. The van der Waals surface area contributed by atoms with Crippen LogP contribution >= 0.6 is 0 Å². The van der Waals surface area contributed by atoms with Crippen LogP contribution in [-0.2, 0) is 4.74 Å². The highest BCUT2D eigenvalue weighted by atomic mass is 16.5. The summed E-state index contributed by atoms with van der Waals surface area (Å²) in [5.74, 6) is 0.359. The highest BCUT2D eigenvalue weighted by Crippen LogP contribution is 2.25. The number of morpholine rings is 1. The van der Waals surface area contributed by atoms with Crippen molar-refractivity contribution in [3.05, 3.63) is 29.3 Å². The molecule has 1 heterocycles. The van der Waals surface area contributed by atoms with Gasteiger partial charge in [-0.25, -0.2) is 10.4 Å². The van der Waals surface area contributed by atoms with Gasteiger partial charge in [0.25, 0.3) is 0 Å². The molecule has 94 valence electrons. The zero-order chi connectivity index (χ0) is 12.3. The molecule has 1 atom stereocenters. The maximum Gasteiger partial charge on any atom is 0.120 e. The number of hydrogen-bond donors (Lipinski definition) is 2. The summed E-state index contributed by atoms with van der Waals surface area (Å²) in [5.41, 5.74) is 5.40. The minimum absolute atomic E-state index is 0.105. The molecule has 17 heavy (non-hydrogen) atoms. The van der Waals surface area contributed by atoms with Crippen molar-refractivity contribution in [2.24, 2.45) is 0 Å². The van der Waals surface area contributed by atoms with Crippen LogP contribution in [0.1, 0.15) is 24.1 Å². The number of ether oxygens (including phenoxy) is 1. The number of nitrogens with one attached hydrogen (secondary N) is 1. The number of hydrogen-bond acceptors (Lipinski definition) is 4. The van der Waals surface area contributed by atoms with E-state index in [0.29, 0.717) is 5.75 Å². The van der Waals surface area contributed by atoms with Crippen LogP contribution in [0.3, 0.4) is 0 Å². The van der Waals surface area contributed by atoms with E-state index < -0.39 is 0 Å². The van der Waals surface area contributed by atoms with Gasteiger partial charge in [0.2, 0.25) is 0 Å². The molecule has 1 aliphatic rings. The van der Waals surface area contributed by atoms with Gasteiger partial charge in [-0.3, -0.25) is 0 Å². The summed E-state index contributed by atoms with van der Waals surface area (Å²) in [6, 6.07) is 5.90. The van der Waals surface area contributed by atoms with Crippen molar-refractivity contribution in [1.82, 2.24) is 10.4 Å². The molecule has 0 saturated carbocycles. The first-order chi connectivity index (χ1) is 8.16. The van der Waals surface area contributed by atoms with E-state index >= 15 is 0 Å². The lowest BCUT2D eigenvalue weighted by Gasteiger charge is -2.30. The third kappa shape index (κ3) is 3.19. The third-order valence-corrected chi connectivity index (χ3v) is 3.04. The highest BCUT2D eigenvalue weighted by Gasteiger charge is 2.16. The van der Waals surface area contributed by atoms with Gasteiger partial charge in [0.05, 0.1) is 13.2 Å². The molecule has 1 fully saturated rings. The molecule has 1 aliphatic heterocycles. The molecular weight excluding hydrogens is 216 g/mol. The van der Waals surface area contributed by atoms with E-state index in [1.807, 2.05) is 19.1 Å². The van der Waals surface area contributed by atoms with E-state index in [1.54, 1.807) is 6.07 Å². The Balaban J connectivity index is 2.00. The summed E-state index contributed by atoms with van der Waals surface area (Å²) < 4.78 is 5.30. The van der Waals surface area contributed by atoms with Gasteiger partial charge in [-0.05, 0) is 25.5 Å². The number of phenols is 1. The number of phenolic OH excluding ortho intramolecular Hbond substituents is 1. The molecular formula is C13H20N2O2. The molecule has 1 aromatic carbocycles. The van der Waals surface area contributed by atoms with E-state index in [-0.39, 0.29) is 6.04 Å². The van der Waals surface area contributed by atoms with Crippen molar-refractivity contribution in [3.63, 3.8) is 0 Å². The Kier molecular flexibility index (Phi) is 3.99. The van der Waals surface area contributed by atoms with Gasteiger partial charge in [0.15, 0.2) is 0 Å². The first-order valence-electron chi connectivity index (χ1n) is 6.05. The van der Waals surface area contributed by atoms with Crippen LogP contribution in [0.25, 0.3) is 0 Å². The van der Waals surface area contributed by atoms with Crippen LogP contribution in [0.2, 0.25) is 0 Å². The fourth-order valence-electron chi connectivity index (χ4n) is 2.06. The van der Waals surface area contributed by atoms with Crippen molar-refractivity contribution in [1.29, 1.82) is 0 Å². The third-order valence-electron chi connectivity index (χ3n) is 3.04. The van der Waals surface area contributed by atoms with Crippen molar-refractivity contribution in [2.45, 2.75) is 19.9 Å². The summed E-state index contributed by atoms with van der Waals surface area (Å²) in [6.07, 6.45) is 0. The van der Waals surface area contributed by atoms with Crippen LogP contribution in [0, 0.1) is 6.92 Å². The van der Waals surface area contributed by atoms with Crippen molar-refractivity contribution < 1.29 is 9.84 Å². The molecule has 4 nitrogen and oxygen atoms in total. The Bertz CT molecular complexity index is 376. The second kappa shape index (κ2) is 5.49. The molecule has 1 aromatic rings. The standard InChI is InChI=1S/C13H20N2O2/c1-10-3-4-12(13(16)9-10)11(2)14-15-5-7-17-8-6-15/h3-4,9,11,14,16H,5-8H2,1-2H3. The van der Waals surface area contributed by atoms with Crippen molar-refractivity contribution in [3.8, 4) is 5.75 Å². The normalized spacial score (nSPS) is 19.2. The van der Waals surface area contributed by atoms with E-state index in [9.17, 15) is 5.11 Å². The number of rotatable bonds is 3. The lowest BCUT2D eigenvalue weighted by molar-refractivity contribution is 0.00470. The lowest BCUT2D eigenvalue weighted by Crippen LogP contribution is -2.46. The minimum atomic E-state index is 0.105. The van der Waals surface area contributed by atoms with Gasteiger partial charge in [0, 0.05) is 24.7 Å². The van der Waals surface area contributed by atoms with Crippen molar-refractivity contribution >= 4 is 0 Å². The number of benzene rings is 1. The molecule has 1 unspecified atom stereocenters. The molecule has 0 aromatic heterocycles. The lowest BCUT2D eigenvalue weighted by atomic mass is 10.1. The van der Waals surface area contributed by atoms with Crippen LogP contribution in [0.4, 0.5) is 0 Å². The number of nitrogens with zero attached hydrogens (tertiary/aromatic N) is 1. The Labute approximate surface area is 102 Å². The van der Waals surface area contributed by atoms with Crippen LogP contribution in [0.5, 0.6) is 5.75 Å². The first kappa shape index (κ1) is 12.4. The molecule has 1 saturated heterocycles. The Hall–Kier alpha value is -1.10. The SMILES string of the molecule is Cc1ccc(C(C)NN2CCOCC2)c(O)c1.